The van der Waals surface area contributed by atoms with Crippen LogP contribution in [0.2, 0.25) is 0 Å². The van der Waals surface area contributed by atoms with Gasteiger partial charge in [0.1, 0.15) is 17.9 Å². The highest BCUT2D eigenvalue weighted by atomic mass is 32.1. The molecular formula is C16H17N5O3S. The Hall–Kier alpha value is -2.81. The molecule has 0 aliphatic rings. The van der Waals surface area contributed by atoms with E-state index in [-0.39, 0.29) is 18.1 Å². The second-order valence-electron chi connectivity index (χ2n) is 5.54. The van der Waals surface area contributed by atoms with E-state index in [4.69, 9.17) is 0 Å². The number of carbonyl (C=O) groups is 1. The van der Waals surface area contributed by atoms with Crippen molar-refractivity contribution in [3.05, 3.63) is 45.8 Å². The average Bonchev–Trinajstić information content (AvgIpc) is 3.09. The van der Waals surface area contributed by atoms with Crippen LogP contribution in [0, 0.1) is 24.0 Å². The van der Waals surface area contributed by atoms with Crippen molar-refractivity contribution in [3.8, 4) is 0 Å². The third kappa shape index (κ3) is 3.10. The first-order valence-electron chi connectivity index (χ1n) is 7.76. The van der Waals surface area contributed by atoms with E-state index >= 15 is 0 Å². The monoisotopic (exact) mass is 359 g/mol. The lowest BCUT2D eigenvalue weighted by molar-refractivity contribution is -0.386. The summed E-state index contributed by atoms with van der Waals surface area (Å²) in [6.07, 6.45) is 0. The number of thiazole rings is 1. The number of aryl methyl sites for hydroxylation is 1. The summed E-state index contributed by atoms with van der Waals surface area (Å²) in [4.78, 5) is 29.4. The summed E-state index contributed by atoms with van der Waals surface area (Å²) in [5.74, 6) is -0.206. The number of nitro groups is 1. The highest BCUT2D eigenvalue weighted by molar-refractivity contribution is 7.22. The summed E-state index contributed by atoms with van der Waals surface area (Å²) in [5, 5.41) is 15.9. The Morgan fingerprint density at radius 3 is 2.68 bits per heavy atom. The van der Waals surface area contributed by atoms with Crippen LogP contribution in [-0.2, 0) is 11.3 Å². The molecule has 3 rings (SSSR count). The largest absolute Gasteiger partial charge is 0.312 e. The first kappa shape index (κ1) is 17.0. The zero-order valence-electron chi connectivity index (χ0n) is 14.1. The maximum Gasteiger partial charge on any atom is 0.312 e. The molecule has 1 aromatic carbocycles. The summed E-state index contributed by atoms with van der Waals surface area (Å²) < 4.78 is 2.39. The van der Waals surface area contributed by atoms with Gasteiger partial charge in [-0.25, -0.2) is 4.98 Å². The fraction of sp³-hybridized carbons (Fsp3) is 0.312. The minimum atomic E-state index is -0.468. The van der Waals surface area contributed by atoms with Gasteiger partial charge < -0.3 is 0 Å². The first-order chi connectivity index (χ1) is 11.9. The first-order valence-corrected chi connectivity index (χ1v) is 8.58. The van der Waals surface area contributed by atoms with Crippen LogP contribution in [0.5, 0.6) is 0 Å². The normalized spacial score (nSPS) is 11.0. The van der Waals surface area contributed by atoms with E-state index in [1.165, 1.54) is 16.0 Å². The number of carbonyl (C=O) groups excluding carboxylic acids is 1. The summed E-state index contributed by atoms with van der Waals surface area (Å²) >= 11 is 1.44. The van der Waals surface area contributed by atoms with Crippen molar-refractivity contribution in [2.45, 2.75) is 27.3 Å². The number of fused-ring (bicyclic) bond motifs is 1. The quantitative estimate of drug-likeness (QED) is 0.515. The van der Waals surface area contributed by atoms with Crippen molar-refractivity contribution in [2.24, 2.45) is 0 Å². The number of aromatic nitrogens is 3. The van der Waals surface area contributed by atoms with Crippen LogP contribution >= 0.6 is 11.3 Å². The molecule has 0 bridgehead atoms. The van der Waals surface area contributed by atoms with Crippen molar-refractivity contribution in [1.82, 2.24) is 14.8 Å². The fourth-order valence-corrected chi connectivity index (χ4v) is 3.76. The Bertz CT molecular complexity index is 929. The number of rotatable bonds is 5. The van der Waals surface area contributed by atoms with E-state index in [0.29, 0.717) is 23.1 Å². The number of anilines is 1. The van der Waals surface area contributed by atoms with Crippen LogP contribution in [0.3, 0.4) is 0 Å². The van der Waals surface area contributed by atoms with Gasteiger partial charge in [-0.05, 0) is 32.9 Å². The zero-order valence-corrected chi connectivity index (χ0v) is 14.9. The van der Waals surface area contributed by atoms with Gasteiger partial charge in [-0.1, -0.05) is 23.5 Å². The van der Waals surface area contributed by atoms with Crippen molar-refractivity contribution in [2.75, 3.05) is 11.4 Å². The molecule has 0 aliphatic carbocycles. The maximum absolute atomic E-state index is 12.7. The van der Waals surface area contributed by atoms with Gasteiger partial charge in [0, 0.05) is 6.54 Å². The van der Waals surface area contributed by atoms with Gasteiger partial charge in [-0.3, -0.25) is 24.5 Å². The van der Waals surface area contributed by atoms with Crippen LogP contribution in [0.25, 0.3) is 10.2 Å². The van der Waals surface area contributed by atoms with Crippen LogP contribution in [0.15, 0.2) is 24.3 Å². The van der Waals surface area contributed by atoms with Gasteiger partial charge in [-0.2, -0.15) is 5.10 Å². The van der Waals surface area contributed by atoms with E-state index in [1.807, 2.05) is 31.2 Å². The van der Waals surface area contributed by atoms with Gasteiger partial charge in [0.15, 0.2) is 5.13 Å². The van der Waals surface area contributed by atoms with Gasteiger partial charge in [0.2, 0.25) is 0 Å². The lowest BCUT2D eigenvalue weighted by Crippen LogP contribution is -2.34. The molecule has 0 radical (unpaired) electrons. The van der Waals surface area contributed by atoms with Crippen LogP contribution in [0.1, 0.15) is 18.3 Å². The van der Waals surface area contributed by atoms with Crippen LogP contribution in [0.4, 0.5) is 10.8 Å². The summed E-state index contributed by atoms with van der Waals surface area (Å²) in [7, 11) is 0. The highest BCUT2D eigenvalue weighted by Gasteiger charge is 2.25. The number of hydrogen-bond donors (Lipinski definition) is 0. The summed E-state index contributed by atoms with van der Waals surface area (Å²) in [5.41, 5.74) is 1.47. The molecule has 0 saturated heterocycles. The van der Waals surface area contributed by atoms with Crippen molar-refractivity contribution >= 4 is 38.3 Å². The molecule has 0 aliphatic heterocycles. The Morgan fingerprint density at radius 2 is 2.08 bits per heavy atom. The predicted molar refractivity (Wildman–Crippen MR) is 96.0 cm³/mol. The van der Waals surface area contributed by atoms with Crippen molar-refractivity contribution in [3.63, 3.8) is 0 Å². The Labute approximate surface area is 147 Å². The van der Waals surface area contributed by atoms with E-state index in [2.05, 4.69) is 10.1 Å². The molecular weight excluding hydrogens is 342 g/mol. The Balaban J connectivity index is 1.88. The summed E-state index contributed by atoms with van der Waals surface area (Å²) in [6, 6.07) is 7.69. The SMILES string of the molecule is CCN(C(=O)Cn1nc(C)c([N+](=O)[O-])c1C)c1nc2ccccc2s1. The molecule has 8 nitrogen and oxygen atoms in total. The number of hydrogen-bond acceptors (Lipinski definition) is 6. The molecule has 0 fully saturated rings. The lowest BCUT2D eigenvalue weighted by Gasteiger charge is -2.17. The second kappa shape index (κ2) is 6.60. The lowest BCUT2D eigenvalue weighted by atomic mass is 10.3. The van der Waals surface area contributed by atoms with Gasteiger partial charge in [0.25, 0.3) is 5.91 Å². The fourth-order valence-electron chi connectivity index (χ4n) is 2.71. The number of nitrogens with zero attached hydrogens (tertiary/aromatic N) is 5. The zero-order chi connectivity index (χ0) is 18.1. The maximum atomic E-state index is 12.7. The van der Waals surface area contributed by atoms with Crippen molar-refractivity contribution in [1.29, 1.82) is 0 Å². The summed E-state index contributed by atoms with van der Waals surface area (Å²) in [6.45, 7) is 5.43. The molecule has 2 aromatic heterocycles. The van der Waals surface area contributed by atoms with Gasteiger partial charge in [-0.15, -0.1) is 0 Å². The molecule has 0 spiro atoms. The number of benzene rings is 1. The average molecular weight is 359 g/mol. The van der Waals surface area contributed by atoms with Gasteiger partial charge in [0.05, 0.1) is 15.1 Å². The topological polar surface area (TPSA) is 94.2 Å². The molecule has 9 heteroatoms. The molecule has 0 N–H and O–H groups in total. The smallest absolute Gasteiger partial charge is 0.287 e. The molecule has 2 heterocycles. The van der Waals surface area contributed by atoms with E-state index in [9.17, 15) is 14.9 Å². The molecule has 3 aromatic rings. The molecule has 130 valence electrons. The Morgan fingerprint density at radius 1 is 1.36 bits per heavy atom. The van der Waals surface area contributed by atoms with E-state index in [0.717, 1.165) is 10.2 Å². The third-order valence-corrected chi connectivity index (χ3v) is 5.00. The number of para-hydroxylation sites is 1. The van der Waals surface area contributed by atoms with Crippen molar-refractivity contribution < 1.29 is 9.72 Å². The number of likely N-dealkylation sites (N-methyl/N-ethyl adjacent to an activating group) is 1. The molecule has 25 heavy (non-hydrogen) atoms. The second-order valence-corrected chi connectivity index (χ2v) is 6.55. The van der Waals surface area contributed by atoms with E-state index in [1.54, 1.807) is 18.7 Å². The molecule has 1 amide bonds. The van der Waals surface area contributed by atoms with Gasteiger partial charge >= 0.3 is 5.69 Å². The third-order valence-electron chi connectivity index (χ3n) is 3.94. The number of amides is 1. The van der Waals surface area contributed by atoms with Crippen LogP contribution in [-0.4, -0.2) is 32.1 Å². The Kier molecular flexibility index (Phi) is 4.49. The van der Waals surface area contributed by atoms with Crippen LogP contribution < -0.4 is 4.90 Å². The molecule has 0 saturated carbocycles. The highest BCUT2D eigenvalue weighted by Crippen LogP contribution is 2.29. The molecule has 0 unspecified atom stereocenters. The minimum absolute atomic E-state index is 0.0455. The minimum Gasteiger partial charge on any atom is -0.287 e. The molecule has 0 atom stereocenters. The standard InChI is InChI=1S/C16H17N5O3S/c1-4-19(16-17-12-7-5-6-8-13(12)25-16)14(22)9-20-11(3)15(21(23)24)10(2)18-20/h5-8H,4,9H2,1-3H3. The van der Waals surface area contributed by atoms with E-state index < -0.39 is 4.92 Å². The predicted octanol–water partition coefficient (Wildman–Crippen LogP) is 3.07.